The lowest BCUT2D eigenvalue weighted by atomic mass is 9.87. The molecule has 6 unspecified atom stereocenters. The van der Waals surface area contributed by atoms with Crippen molar-refractivity contribution >= 4 is 0 Å². The van der Waals surface area contributed by atoms with E-state index in [9.17, 15) is 0 Å². The highest BCUT2D eigenvalue weighted by atomic mass is 16.6. The molecule has 0 radical (unpaired) electrons. The minimum absolute atomic E-state index is 0.479. The van der Waals surface area contributed by atoms with Gasteiger partial charge in [0, 0.05) is 18.9 Å². The largest absolute Gasteiger partial charge is 0.457 e. The Balaban J connectivity index is 1.69. The molecule has 0 N–H and O–H groups in total. The molecule has 0 aromatic rings. The summed E-state index contributed by atoms with van der Waals surface area (Å²) in [6.07, 6.45) is 2.28. The predicted octanol–water partition coefficient (Wildman–Crippen LogP) is 0.287. The third-order valence-electron chi connectivity index (χ3n) is 4.14. The minimum Gasteiger partial charge on any atom is -0.457 e. The normalized spacial score (nSPS) is 67.3. The smallest absolute Gasteiger partial charge is 0.159 e. The lowest BCUT2D eigenvalue weighted by molar-refractivity contribution is 0.145. The third kappa shape index (κ3) is 0.358. The Morgan fingerprint density at radius 1 is 1.33 bits per heavy atom. The number of rotatable bonds is 0. The standard InChI is InChI=1S/C9H9NO2/c1-3-4-2-10(9-7(4)12-9)6(3)8-5(1)11-8/h3-4,6-7,9H,1-2H2. The van der Waals surface area contributed by atoms with Gasteiger partial charge in [0.2, 0.25) is 0 Å². The number of piperidine rings is 1. The van der Waals surface area contributed by atoms with Crippen molar-refractivity contribution < 1.29 is 9.47 Å². The molecule has 3 fully saturated rings. The van der Waals surface area contributed by atoms with Gasteiger partial charge in [-0.15, -0.1) is 0 Å². The Labute approximate surface area is 69.9 Å². The molecule has 0 aromatic carbocycles. The zero-order valence-electron chi connectivity index (χ0n) is 6.56. The van der Waals surface area contributed by atoms with E-state index < -0.39 is 0 Å². The monoisotopic (exact) mass is 163 g/mol. The maximum atomic E-state index is 5.59. The van der Waals surface area contributed by atoms with Crippen molar-refractivity contribution in [2.24, 2.45) is 11.8 Å². The van der Waals surface area contributed by atoms with E-state index in [-0.39, 0.29) is 0 Å². The summed E-state index contributed by atoms with van der Waals surface area (Å²) in [5.41, 5.74) is 0. The first-order valence-electron chi connectivity index (χ1n) is 4.75. The van der Waals surface area contributed by atoms with Crippen molar-refractivity contribution in [2.45, 2.75) is 24.8 Å². The first-order valence-corrected chi connectivity index (χ1v) is 4.75. The van der Waals surface area contributed by atoms with Crippen LogP contribution in [0.3, 0.4) is 0 Å². The molecule has 3 nitrogen and oxygen atoms in total. The van der Waals surface area contributed by atoms with Crippen LogP contribution in [0.15, 0.2) is 11.5 Å². The summed E-state index contributed by atoms with van der Waals surface area (Å²) in [6, 6.07) is 0.633. The predicted molar refractivity (Wildman–Crippen MR) is 38.9 cm³/mol. The van der Waals surface area contributed by atoms with E-state index in [0.717, 1.165) is 11.8 Å². The van der Waals surface area contributed by atoms with Crippen LogP contribution in [-0.2, 0) is 9.47 Å². The van der Waals surface area contributed by atoms with Gasteiger partial charge in [-0.2, -0.15) is 0 Å². The molecule has 3 saturated heterocycles. The van der Waals surface area contributed by atoms with Gasteiger partial charge in [0.05, 0.1) is 6.04 Å². The van der Waals surface area contributed by atoms with Crippen LogP contribution in [0.5, 0.6) is 0 Å². The summed E-state index contributed by atoms with van der Waals surface area (Å²) in [7, 11) is 0. The molecular formula is C9H9NO2. The highest BCUT2D eigenvalue weighted by Crippen LogP contribution is 2.62. The van der Waals surface area contributed by atoms with Gasteiger partial charge in [-0.3, -0.25) is 4.90 Å². The summed E-state index contributed by atoms with van der Waals surface area (Å²) >= 11 is 0. The molecule has 4 aliphatic heterocycles. The molecule has 4 heterocycles. The van der Waals surface area contributed by atoms with Crippen molar-refractivity contribution in [1.82, 2.24) is 4.90 Å². The Morgan fingerprint density at radius 3 is 3.33 bits per heavy atom. The second-order valence-electron chi connectivity index (χ2n) is 4.55. The Hall–Kier alpha value is -0.540. The van der Waals surface area contributed by atoms with E-state index in [1.807, 2.05) is 0 Å². The maximum absolute atomic E-state index is 5.59. The highest BCUT2D eigenvalue weighted by molar-refractivity contribution is 5.37. The second-order valence-corrected chi connectivity index (χ2v) is 4.55. The SMILES string of the molecule is C1C2=C(O2)C2C1C1CN2C2OC12. The molecule has 0 spiro atoms. The van der Waals surface area contributed by atoms with Gasteiger partial charge in [-0.25, -0.2) is 0 Å². The van der Waals surface area contributed by atoms with Crippen LogP contribution < -0.4 is 0 Å². The van der Waals surface area contributed by atoms with Gasteiger partial charge < -0.3 is 9.47 Å². The van der Waals surface area contributed by atoms with Crippen LogP contribution >= 0.6 is 0 Å². The molecule has 6 atom stereocenters. The molecule has 5 rings (SSSR count). The van der Waals surface area contributed by atoms with E-state index in [1.165, 1.54) is 24.5 Å². The fraction of sp³-hybridized carbons (Fsp3) is 0.778. The first kappa shape index (κ1) is 5.25. The number of ether oxygens (including phenoxy) is 2. The molecule has 3 heteroatoms. The van der Waals surface area contributed by atoms with Crippen molar-refractivity contribution in [1.29, 1.82) is 0 Å². The van der Waals surface area contributed by atoms with Crippen molar-refractivity contribution in [3.8, 4) is 0 Å². The summed E-state index contributed by atoms with van der Waals surface area (Å²) in [5, 5.41) is 0. The van der Waals surface area contributed by atoms with Gasteiger partial charge in [0.1, 0.15) is 18.1 Å². The van der Waals surface area contributed by atoms with Gasteiger partial charge >= 0.3 is 0 Å². The average Bonchev–Trinajstić information content (AvgIpc) is 2.92. The Kier molecular flexibility index (Phi) is 0.543. The molecule has 5 aliphatic rings. The lowest BCUT2D eigenvalue weighted by Crippen LogP contribution is -2.36. The second kappa shape index (κ2) is 1.24. The van der Waals surface area contributed by atoms with E-state index >= 15 is 0 Å². The third-order valence-corrected chi connectivity index (χ3v) is 4.14. The molecule has 62 valence electrons. The van der Waals surface area contributed by atoms with E-state index in [4.69, 9.17) is 9.47 Å². The topological polar surface area (TPSA) is 28.3 Å². The van der Waals surface area contributed by atoms with Crippen LogP contribution in [0, 0.1) is 11.8 Å². The first-order chi connectivity index (χ1) is 5.93. The molecule has 0 aromatic heterocycles. The molecule has 1 aliphatic carbocycles. The number of hydrogen-bond acceptors (Lipinski definition) is 3. The van der Waals surface area contributed by atoms with Crippen LogP contribution in [0.2, 0.25) is 0 Å². The lowest BCUT2D eigenvalue weighted by Gasteiger charge is -2.24. The van der Waals surface area contributed by atoms with Crippen LogP contribution in [0.1, 0.15) is 6.42 Å². The van der Waals surface area contributed by atoms with E-state index in [2.05, 4.69) is 4.90 Å². The molecule has 2 bridgehead atoms. The summed E-state index contributed by atoms with van der Waals surface area (Å²) in [5.74, 6) is 4.29. The zero-order valence-corrected chi connectivity index (χ0v) is 6.56. The zero-order chi connectivity index (χ0) is 7.45. The summed E-state index contributed by atoms with van der Waals surface area (Å²) in [4.78, 5) is 2.51. The Bertz CT molecular complexity index is 337. The van der Waals surface area contributed by atoms with E-state index in [1.54, 1.807) is 0 Å². The van der Waals surface area contributed by atoms with Gasteiger partial charge in [0.15, 0.2) is 5.76 Å². The fourth-order valence-corrected chi connectivity index (χ4v) is 3.57. The van der Waals surface area contributed by atoms with Gasteiger partial charge in [-0.1, -0.05) is 0 Å². The van der Waals surface area contributed by atoms with Gasteiger partial charge in [-0.05, 0) is 5.92 Å². The Morgan fingerprint density at radius 2 is 2.33 bits per heavy atom. The average molecular weight is 163 g/mol. The summed E-state index contributed by atoms with van der Waals surface area (Å²) in [6.45, 7) is 1.27. The van der Waals surface area contributed by atoms with E-state index in [0.29, 0.717) is 18.4 Å². The van der Waals surface area contributed by atoms with Crippen molar-refractivity contribution in [3.63, 3.8) is 0 Å². The highest BCUT2D eigenvalue weighted by Gasteiger charge is 2.71. The van der Waals surface area contributed by atoms with Crippen molar-refractivity contribution in [3.05, 3.63) is 11.5 Å². The number of nitrogens with zero attached hydrogens (tertiary/aromatic N) is 1. The quantitative estimate of drug-likeness (QED) is 0.480. The fourth-order valence-electron chi connectivity index (χ4n) is 3.57. The minimum atomic E-state index is 0.479. The number of epoxide rings is 1. The van der Waals surface area contributed by atoms with Crippen LogP contribution in [-0.4, -0.2) is 29.8 Å². The molecular weight excluding hydrogens is 154 g/mol. The number of hydrogen-bond donors (Lipinski definition) is 0. The molecule has 0 saturated carbocycles. The van der Waals surface area contributed by atoms with Crippen LogP contribution in [0.4, 0.5) is 0 Å². The summed E-state index contributed by atoms with van der Waals surface area (Å²) < 4.78 is 11.0. The number of fused-ring (bicyclic) bond motifs is 9. The van der Waals surface area contributed by atoms with Crippen molar-refractivity contribution in [2.75, 3.05) is 6.54 Å². The maximum Gasteiger partial charge on any atom is 0.159 e. The number of allylic oxidation sites excluding steroid dienone is 1. The van der Waals surface area contributed by atoms with Gasteiger partial charge in [0.25, 0.3) is 0 Å². The van der Waals surface area contributed by atoms with Crippen LogP contribution in [0.25, 0.3) is 0 Å². The molecule has 0 amide bonds. The molecule has 12 heavy (non-hydrogen) atoms.